The van der Waals surface area contributed by atoms with Gasteiger partial charge in [0.25, 0.3) is 0 Å². The Hall–Kier alpha value is -1.48. The Labute approximate surface area is 158 Å². The second-order valence-corrected chi connectivity index (χ2v) is 8.82. The summed E-state index contributed by atoms with van der Waals surface area (Å²) in [5, 5.41) is 4.60. The molecule has 6 nitrogen and oxygen atoms in total. The number of benzene rings is 1. The third kappa shape index (κ3) is 3.64. The summed E-state index contributed by atoms with van der Waals surface area (Å²) in [5.74, 6) is -0.364. The van der Waals surface area contributed by atoms with Crippen molar-refractivity contribution in [1.82, 2.24) is 19.0 Å². The molecule has 26 heavy (non-hydrogen) atoms. The predicted octanol–water partition coefficient (Wildman–Crippen LogP) is 2.34. The van der Waals surface area contributed by atoms with Gasteiger partial charge in [0.1, 0.15) is 10.7 Å². The van der Waals surface area contributed by atoms with Gasteiger partial charge in [0.2, 0.25) is 10.0 Å². The van der Waals surface area contributed by atoms with Gasteiger partial charge in [0.15, 0.2) is 0 Å². The number of nitrogens with zero attached hydrogens (tertiary/aromatic N) is 4. The largest absolute Gasteiger partial charge is 0.296 e. The normalized spacial score (nSPS) is 17.0. The Morgan fingerprint density at radius 2 is 1.85 bits per heavy atom. The zero-order valence-electron chi connectivity index (χ0n) is 15.0. The highest BCUT2D eigenvalue weighted by atomic mass is 35.5. The van der Waals surface area contributed by atoms with E-state index in [-0.39, 0.29) is 5.82 Å². The minimum absolute atomic E-state index is 0.301. The van der Waals surface area contributed by atoms with Gasteiger partial charge in [0.05, 0.1) is 11.4 Å². The smallest absolute Gasteiger partial charge is 0.246 e. The molecule has 1 aliphatic heterocycles. The molecular weight excluding hydrogens is 379 g/mol. The quantitative estimate of drug-likeness (QED) is 0.790. The fourth-order valence-corrected chi connectivity index (χ4v) is 5.32. The molecule has 2 aromatic rings. The van der Waals surface area contributed by atoms with Gasteiger partial charge < -0.3 is 0 Å². The Morgan fingerprint density at radius 1 is 1.19 bits per heavy atom. The Bertz CT molecular complexity index is 921. The maximum absolute atomic E-state index is 13.2. The van der Waals surface area contributed by atoms with Crippen LogP contribution in [0.25, 0.3) is 0 Å². The van der Waals surface area contributed by atoms with E-state index in [2.05, 4.69) is 10.00 Å². The van der Waals surface area contributed by atoms with Crippen molar-refractivity contribution in [1.29, 1.82) is 0 Å². The fourth-order valence-electron chi connectivity index (χ4n) is 3.28. The summed E-state index contributed by atoms with van der Waals surface area (Å²) in [6, 6.07) is 4.35. The Kier molecular flexibility index (Phi) is 5.39. The molecule has 0 spiro atoms. The van der Waals surface area contributed by atoms with Crippen LogP contribution in [-0.4, -0.2) is 53.6 Å². The van der Waals surface area contributed by atoms with Gasteiger partial charge in [-0.25, -0.2) is 12.8 Å². The maximum atomic E-state index is 13.2. The number of aryl methyl sites for hydroxylation is 2. The first kappa shape index (κ1) is 19.3. The first-order valence-corrected chi connectivity index (χ1v) is 10.2. The predicted molar refractivity (Wildman–Crippen MR) is 98.1 cm³/mol. The molecule has 0 amide bonds. The number of rotatable bonds is 4. The van der Waals surface area contributed by atoms with Crippen molar-refractivity contribution in [2.75, 3.05) is 26.2 Å². The van der Waals surface area contributed by atoms with Gasteiger partial charge in [-0.1, -0.05) is 17.7 Å². The maximum Gasteiger partial charge on any atom is 0.246 e. The van der Waals surface area contributed by atoms with Crippen LogP contribution in [0.1, 0.15) is 17.0 Å². The number of aromatic nitrogens is 2. The summed E-state index contributed by atoms with van der Waals surface area (Å²) in [4.78, 5) is 2.42. The van der Waals surface area contributed by atoms with E-state index in [1.54, 1.807) is 31.6 Å². The SMILES string of the molecule is Cc1nn(C)c(C)c1S(=O)(=O)N1CCN(Cc2ccc(F)cc2Cl)CC1. The van der Waals surface area contributed by atoms with Crippen LogP contribution in [0, 0.1) is 19.7 Å². The van der Waals surface area contributed by atoms with Crippen LogP contribution in [0.15, 0.2) is 23.1 Å². The molecule has 1 saturated heterocycles. The van der Waals surface area contributed by atoms with Crippen LogP contribution in [-0.2, 0) is 23.6 Å². The molecule has 1 aromatic heterocycles. The highest BCUT2D eigenvalue weighted by molar-refractivity contribution is 7.89. The molecule has 1 fully saturated rings. The van der Waals surface area contributed by atoms with Crippen LogP contribution in [0.3, 0.4) is 0 Å². The molecule has 1 aliphatic rings. The summed E-state index contributed by atoms with van der Waals surface area (Å²) in [6.07, 6.45) is 0. The standard InChI is InChI=1S/C17H22ClFN4O2S/c1-12-17(13(2)21(3)20-12)26(24,25)23-8-6-22(7-9-23)11-14-4-5-15(19)10-16(14)18/h4-5,10H,6-9,11H2,1-3H3. The number of hydrogen-bond donors (Lipinski definition) is 0. The number of hydrogen-bond acceptors (Lipinski definition) is 4. The van der Waals surface area contributed by atoms with Crippen molar-refractivity contribution in [3.8, 4) is 0 Å². The van der Waals surface area contributed by atoms with E-state index in [0.29, 0.717) is 54.0 Å². The average molecular weight is 401 g/mol. The molecule has 2 heterocycles. The van der Waals surface area contributed by atoms with Gasteiger partial charge in [-0.05, 0) is 31.5 Å². The van der Waals surface area contributed by atoms with E-state index in [1.807, 2.05) is 0 Å². The van der Waals surface area contributed by atoms with Gasteiger partial charge in [-0.3, -0.25) is 9.58 Å². The summed E-state index contributed by atoms with van der Waals surface area (Å²) < 4.78 is 42.2. The van der Waals surface area contributed by atoms with Crippen molar-refractivity contribution in [2.24, 2.45) is 7.05 Å². The van der Waals surface area contributed by atoms with Crippen molar-refractivity contribution in [2.45, 2.75) is 25.3 Å². The van der Waals surface area contributed by atoms with Gasteiger partial charge in [-0.15, -0.1) is 0 Å². The highest BCUT2D eigenvalue weighted by Crippen LogP contribution is 2.25. The highest BCUT2D eigenvalue weighted by Gasteiger charge is 2.32. The molecule has 3 rings (SSSR count). The number of piperazine rings is 1. The monoisotopic (exact) mass is 400 g/mol. The second-order valence-electron chi connectivity index (χ2n) is 6.54. The molecule has 0 atom stereocenters. The first-order chi connectivity index (χ1) is 12.2. The second kappa shape index (κ2) is 7.26. The van der Waals surface area contributed by atoms with Crippen LogP contribution in [0.2, 0.25) is 5.02 Å². The zero-order valence-corrected chi connectivity index (χ0v) is 16.6. The Morgan fingerprint density at radius 3 is 2.38 bits per heavy atom. The zero-order chi connectivity index (χ0) is 19.1. The lowest BCUT2D eigenvalue weighted by atomic mass is 10.2. The summed E-state index contributed by atoms with van der Waals surface area (Å²) in [5.41, 5.74) is 2.00. The molecule has 0 bridgehead atoms. The third-order valence-electron chi connectivity index (χ3n) is 4.78. The van der Waals surface area contributed by atoms with Crippen molar-refractivity contribution < 1.29 is 12.8 Å². The van der Waals surface area contributed by atoms with Gasteiger partial charge >= 0.3 is 0 Å². The molecule has 0 aliphatic carbocycles. The summed E-state index contributed by atoms with van der Waals surface area (Å²) in [6.45, 7) is 6.02. The van der Waals surface area contributed by atoms with Crippen LogP contribution in [0.4, 0.5) is 4.39 Å². The molecule has 1 aromatic carbocycles. The van der Waals surface area contributed by atoms with Crippen molar-refractivity contribution in [3.63, 3.8) is 0 Å². The van der Waals surface area contributed by atoms with E-state index < -0.39 is 10.0 Å². The summed E-state index contributed by atoms with van der Waals surface area (Å²) in [7, 11) is -1.82. The lowest BCUT2D eigenvalue weighted by Crippen LogP contribution is -2.48. The lowest BCUT2D eigenvalue weighted by Gasteiger charge is -2.34. The van der Waals surface area contributed by atoms with Crippen molar-refractivity contribution >= 4 is 21.6 Å². The lowest BCUT2D eigenvalue weighted by molar-refractivity contribution is 0.181. The van der Waals surface area contributed by atoms with E-state index in [1.165, 1.54) is 16.4 Å². The van der Waals surface area contributed by atoms with Crippen LogP contribution in [0.5, 0.6) is 0 Å². The van der Waals surface area contributed by atoms with Crippen molar-refractivity contribution in [3.05, 3.63) is 46.0 Å². The van der Waals surface area contributed by atoms with E-state index in [4.69, 9.17) is 11.6 Å². The van der Waals surface area contributed by atoms with E-state index in [0.717, 1.165) is 5.56 Å². The third-order valence-corrected chi connectivity index (χ3v) is 7.28. The van der Waals surface area contributed by atoms with E-state index in [9.17, 15) is 12.8 Å². The molecular formula is C17H22ClFN4O2S. The minimum Gasteiger partial charge on any atom is -0.296 e. The van der Waals surface area contributed by atoms with Gasteiger partial charge in [0, 0.05) is 44.8 Å². The molecule has 9 heteroatoms. The fraction of sp³-hybridized carbons (Fsp3) is 0.471. The van der Waals surface area contributed by atoms with Crippen LogP contribution < -0.4 is 0 Å². The number of sulfonamides is 1. The summed E-state index contributed by atoms with van der Waals surface area (Å²) >= 11 is 6.08. The minimum atomic E-state index is -3.56. The van der Waals surface area contributed by atoms with E-state index >= 15 is 0 Å². The molecule has 0 unspecified atom stereocenters. The van der Waals surface area contributed by atoms with Gasteiger partial charge in [-0.2, -0.15) is 9.40 Å². The first-order valence-electron chi connectivity index (χ1n) is 8.37. The average Bonchev–Trinajstić information content (AvgIpc) is 2.83. The molecule has 0 radical (unpaired) electrons. The Balaban J connectivity index is 1.70. The number of halogens is 2. The molecule has 0 N–H and O–H groups in total. The molecule has 0 saturated carbocycles. The molecule has 142 valence electrons. The topological polar surface area (TPSA) is 58.4 Å². The van der Waals surface area contributed by atoms with Crippen LogP contribution >= 0.6 is 11.6 Å².